The number of benzene rings is 2. The average molecular weight is 431 g/mol. The highest BCUT2D eigenvalue weighted by Gasteiger charge is 2.19. The van der Waals surface area contributed by atoms with Crippen molar-refractivity contribution in [3.8, 4) is 34.4 Å². The number of thioether (sulfide) groups is 1. The van der Waals surface area contributed by atoms with Crippen molar-refractivity contribution < 1.29 is 13.7 Å². The molecular formula is C22H17N5O3S. The third kappa shape index (κ3) is 3.95. The Hall–Kier alpha value is -3.85. The van der Waals surface area contributed by atoms with Gasteiger partial charge >= 0.3 is 0 Å². The second-order valence-electron chi connectivity index (χ2n) is 6.48. The van der Waals surface area contributed by atoms with Crippen LogP contribution in [0.25, 0.3) is 28.7 Å². The molecule has 0 atom stereocenters. The van der Waals surface area contributed by atoms with Crippen molar-refractivity contribution in [1.82, 2.24) is 24.9 Å². The molecule has 0 saturated heterocycles. The number of methoxy groups -OCH3 is 1. The van der Waals surface area contributed by atoms with Gasteiger partial charge in [0.2, 0.25) is 17.5 Å². The lowest BCUT2D eigenvalue weighted by Crippen LogP contribution is -1.99. The average Bonchev–Trinajstić information content (AvgIpc) is 3.59. The summed E-state index contributed by atoms with van der Waals surface area (Å²) in [5.74, 6) is 3.52. The van der Waals surface area contributed by atoms with Crippen molar-refractivity contribution in [1.29, 1.82) is 0 Å². The predicted molar refractivity (Wildman–Crippen MR) is 115 cm³/mol. The Kier molecular flexibility index (Phi) is 5.24. The van der Waals surface area contributed by atoms with Gasteiger partial charge in [-0.1, -0.05) is 35.1 Å². The topological polar surface area (TPSA) is 92.0 Å². The van der Waals surface area contributed by atoms with Crippen LogP contribution in [0.4, 0.5) is 0 Å². The van der Waals surface area contributed by atoms with Crippen LogP contribution in [-0.4, -0.2) is 32.0 Å². The summed E-state index contributed by atoms with van der Waals surface area (Å²) >= 11 is 1.46. The molecule has 0 amide bonds. The van der Waals surface area contributed by atoms with Crippen molar-refractivity contribution in [2.45, 2.75) is 10.9 Å². The van der Waals surface area contributed by atoms with Gasteiger partial charge in [-0.2, -0.15) is 4.98 Å². The summed E-state index contributed by atoms with van der Waals surface area (Å²) in [6.45, 7) is 0. The van der Waals surface area contributed by atoms with Crippen molar-refractivity contribution in [3.05, 3.63) is 78.9 Å². The van der Waals surface area contributed by atoms with Crippen molar-refractivity contribution in [3.63, 3.8) is 0 Å². The quantitative estimate of drug-likeness (QED) is 0.337. The van der Waals surface area contributed by atoms with Gasteiger partial charge < -0.3 is 13.7 Å². The Labute approximate surface area is 181 Å². The van der Waals surface area contributed by atoms with Crippen LogP contribution in [0.5, 0.6) is 5.75 Å². The first-order valence-electron chi connectivity index (χ1n) is 9.46. The van der Waals surface area contributed by atoms with Crippen LogP contribution in [0.3, 0.4) is 0 Å². The summed E-state index contributed by atoms with van der Waals surface area (Å²) < 4.78 is 18.1. The molecule has 0 fully saturated rings. The maximum Gasteiger partial charge on any atom is 0.237 e. The van der Waals surface area contributed by atoms with Gasteiger partial charge in [-0.3, -0.25) is 4.57 Å². The monoisotopic (exact) mass is 431 g/mol. The number of aromatic nitrogens is 5. The van der Waals surface area contributed by atoms with E-state index >= 15 is 0 Å². The van der Waals surface area contributed by atoms with Gasteiger partial charge in [-0.25, -0.2) is 0 Å². The van der Waals surface area contributed by atoms with Crippen LogP contribution in [0.1, 0.15) is 5.89 Å². The van der Waals surface area contributed by atoms with Crippen LogP contribution in [-0.2, 0) is 5.75 Å². The minimum Gasteiger partial charge on any atom is -0.497 e. The molecule has 3 heterocycles. The highest BCUT2D eigenvalue weighted by molar-refractivity contribution is 7.98. The van der Waals surface area contributed by atoms with E-state index in [1.54, 1.807) is 13.4 Å². The number of hydrogen-bond donors (Lipinski definition) is 0. The van der Waals surface area contributed by atoms with Crippen LogP contribution in [0, 0.1) is 0 Å². The molecule has 5 rings (SSSR count). The minimum absolute atomic E-state index is 0.451. The van der Waals surface area contributed by atoms with Gasteiger partial charge in [0.15, 0.2) is 10.9 Å². The van der Waals surface area contributed by atoms with Crippen molar-refractivity contribution >= 4 is 11.8 Å². The zero-order valence-corrected chi connectivity index (χ0v) is 17.3. The fourth-order valence-corrected chi connectivity index (χ4v) is 3.83. The third-order valence-electron chi connectivity index (χ3n) is 4.53. The zero-order valence-electron chi connectivity index (χ0n) is 16.5. The van der Waals surface area contributed by atoms with E-state index in [2.05, 4.69) is 20.3 Å². The molecule has 31 heavy (non-hydrogen) atoms. The fourth-order valence-electron chi connectivity index (χ4n) is 3.04. The summed E-state index contributed by atoms with van der Waals surface area (Å²) in [6.07, 6.45) is 1.62. The molecule has 0 N–H and O–H groups in total. The number of furan rings is 1. The molecule has 5 aromatic rings. The van der Waals surface area contributed by atoms with E-state index in [9.17, 15) is 0 Å². The van der Waals surface area contributed by atoms with Crippen molar-refractivity contribution in [2.75, 3.05) is 7.11 Å². The molecule has 0 bridgehead atoms. The minimum atomic E-state index is 0.451. The molecule has 154 valence electrons. The normalized spacial score (nSPS) is 11.0. The summed E-state index contributed by atoms with van der Waals surface area (Å²) in [7, 11) is 1.63. The molecule has 9 heteroatoms. The highest BCUT2D eigenvalue weighted by Crippen LogP contribution is 2.30. The Balaban J connectivity index is 1.39. The zero-order chi connectivity index (χ0) is 21.0. The van der Waals surface area contributed by atoms with Gasteiger partial charge in [0.1, 0.15) is 5.75 Å². The first kappa shape index (κ1) is 19.1. The smallest absolute Gasteiger partial charge is 0.237 e. The van der Waals surface area contributed by atoms with E-state index in [1.807, 2.05) is 71.3 Å². The Morgan fingerprint density at radius 1 is 0.968 bits per heavy atom. The van der Waals surface area contributed by atoms with Gasteiger partial charge in [-0.05, 0) is 48.5 Å². The van der Waals surface area contributed by atoms with Gasteiger partial charge in [0.25, 0.3) is 0 Å². The third-order valence-corrected chi connectivity index (χ3v) is 5.44. The summed E-state index contributed by atoms with van der Waals surface area (Å²) in [5, 5.41) is 13.5. The molecule has 2 aromatic carbocycles. The Morgan fingerprint density at radius 2 is 1.81 bits per heavy atom. The van der Waals surface area contributed by atoms with Crippen LogP contribution < -0.4 is 4.74 Å². The second kappa shape index (κ2) is 8.49. The standard InChI is InChI=1S/C22H17N5O3S/c1-28-17-11-9-15(10-12-17)20-23-19(30-26-20)14-31-22-25-24-21(18-8-5-13-29-18)27(22)16-6-3-2-4-7-16/h2-13H,14H2,1H3. The highest BCUT2D eigenvalue weighted by atomic mass is 32.2. The number of rotatable bonds is 7. The molecule has 0 unspecified atom stereocenters. The predicted octanol–water partition coefficient (Wildman–Crippen LogP) is 4.88. The van der Waals surface area contributed by atoms with Gasteiger partial charge in [0, 0.05) is 11.3 Å². The second-order valence-corrected chi connectivity index (χ2v) is 7.43. The molecular weight excluding hydrogens is 414 g/mol. The van der Waals surface area contributed by atoms with E-state index in [0.29, 0.717) is 34.2 Å². The number of para-hydroxylation sites is 1. The van der Waals surface area contributed by atoms with Gasteiger partial charge in [0.05, 0.1) is 19.1 Å². The first-order chi connectivity index (χ1) is 15.3. The lowest BCUT2D eigenvalue weighted by molar-refractivity contribution is 0.391. The van der Waals surface area contributed by atoms with E-state index in [0.717, 1.165) is 17.0 Å². The number of ether oxygens (including phenoxy) is 1. The number of hydrogen-bond acceptors (Lipinski definition) is 8. The van der Waals surface area contributed by atoms with E-state index in [4.69, 9.17) is 13.7 Å². The fraction of sp³-hybridized carbons (Fsp3) is 0.0909. The van der Waals surface area contributed by atoms with Crippen LogP contribution >= 0.6 is 11.8 Å². The van der Waals surface area contributed by atoms with Crippen LogP contribution in [0.2, 0.25) is 0 Å². The van der Waals surface area contributed by atoms with E-state index in [1.165, 1.54) is 11.8 Å². The summed E-state index contributed by atoms with van der Waals surface area (Å²) in [4.78, 5) is 4.49. The SMILES string of the molecule is COc1ccc(-c2noc(CSc3nnc(-c4ccco4)n3-c3ccccc3)n2)cc1. The Bertz CT molecular complexity index is 1260. The molecule has 0 aliphatic rings. The summed E-state index contributed by atoms with van der Waals surface area (Å²) in [6, 6.07) is 21.1. The first-order valence-corrected chi connectivity index (χ1v) is 10.4. The van der Waals surface area contributed by atoms with E-state index < -0.39 is 0 Å². The molecule has 3 aromatic heterocycles. The Morgan fingerprint density at radius 3 is 2.55 bits per heavy atom. The molecule has 0 aliphatic carbocycles. The molecule has 0 saturated carbocycles. The lowest BCUT2D eigenvalue weighted by Gasteiger charge is -2.08. The lowest BCUT2D eigenvalue weighted by atomic mass is 10.2. The van der Waals surface area contributed by atoms with Crippen LogP contribution in [0.15, 0.2) is 87.1 Å². The maximum atomic E-state index is 5.54. The maximum absolute atomic E-state index is 5.54. The van der Waals surface area contributed by atoms with Crippen molar-refractivity contribution in [2.24, 2.45) is 0 Å². The molecule has 0 aliphatic heterocycles. The number of nitrogens with zero attached hydrogens (tertiary/aromatic N) is 5. The van der Waals surface area contributed by atoms with E-state index in [-0.39, 0.29) is 0 Å². The largest absolute Gasteiger partial charge is 0.497 e. The summed E-state index contributed by atoms with van der Waals surface area (Å²) in [5.41, 5.74) is 1.79. The molecule has 8 nitrogen and oxygen atoms in total. The molecule has 0 spiro atoms. The molecule has 0 radical (unpaired) electrons. The van der Waals surface area contributed by atoms with Gasteiger partial charge in [-0.15, -0.1) is 10.2 Å².